The van der Waals surface area contributed by atoms with Gasteiger partial charge in [0, 0.05) is 32.4 Å². The maximum atomic E-state index is 11.8. The molecule has 140 valence electrons. The van der Waals surface area contributed by atoms with E-state index in [2.05, 4.69) is 27.4 Å². The maximum Gasteiger partial charge on any atom is 0.315 e. The number of aromatic nitrogens is 1. The smallest absolute Gasteiger partial charge is 0.315 e. The average Bonchev–Trinajstić information content (AvgIpc) is 2.59. The number of rotatable bonds is 7. The van der Waals surface area contributed by atoms with Crippen molar-refractivity contribution in [3.8, 4) is 0 Å². The SMILES string of the molecule is CC(O)CC(C)CNC(=O)NCc1ccc(N2CCC(C)CC2)nc1. The second-order valence-electron chi connectivity index (χ2n) is 7.45. The molecule has 1 aliphatic heterocycles. The third-order valence-electron chi connectivity index (χ3n) is 4.72. The van der Waals surface area contributed by atoms with E-state index in [0.29, 0.717) is 19.5 Å². The van der Waals surface area contributed by atoms with Crippen LogP contribution in [0.1, 0.15) is 45.6 Å². The summed E-state index contributed by atoms with van der Waals surface area (Å²) >= 11 is 0. The highest BCUT2D eigenvalue weighted by Crippen LogP contribution is 2.21. The highest BCUT2D eigenvalue weighted by atomic mass is 16.3. The summed E-state index contributed by atoms with van der Waals surface area (Å²) < 4.78 is 0. The lowest BCUT2D eigenvalue weighted by Crippen LogP contribution is -2.38. The van der Waals surface area contributed by atoms with Crippen molar-refractivity contribution in [3.05, 3.63) is 23.9 Å². The van der Waals surface area contributed by atoms with Crippen LogP contribution < -0.4 is 15.5 Å². The van der Waals surface area contributed by atoms with Gasteiger partial charge in [0.1, 0.15) is 5.82 Å². The maximum absolute atomic E-state index is 11.8. The lowest BCUT2D eigenvalue weighted by atomic mass is 9.99. The second-order valence-corrected chi connectivity index (χ2v) is 7.45. The van der Waals surface area contributed by atoms with Crippen molar-refractivity contribution < 1.29 is 9.90 Å². The Kier molecular flexibility index (Phi) is 7.50. The Morgan fingerprint density at radius 1 is 1.32 bits per heavy atom. The minimum Gasteiger partial charge on any atom is -0.393 e. The number of amides is 2. The van der Waals surface area contributed by atoms with E-state index in [1.807, 2.05) is 25.3 Å². The molecule has 1 fully saturated rings. The molecule has 6 heteroatoms. The number of urea groups is 1. The second kappa shape index (κ2) is 9.61. The molecule has 25 heavy (non-hydrogen) atoms. The summed E-state index contributed by atoms with van der Waals surface area (Å²) in [6.45, 7) is 9.23. The third kappa shape index (κ3) is 6.90. The van der Waals surface area contributed by atoms with Crippen molar-refractivity contribution in [1.82, 2.24) is 15.6 Å². The zero-order chi connectivity index (χ0) is 18.2. The van der Waals surface area contributed by atoms with Crippen molar-refractivity contribution in [2.24, 2.45) is 11.8 Å². The largest absolute Gasteiger partial charge is 0.393 e. The molecule has 1 saturated heterocycles. The Bertz CT molecular complexity index is 525. The molecule has 1 aromatic heterocycles. The average molecular weight is 348 g/mol. The summed E-state index contributed by atoms with van der Waals surface area (Å²) in [4.78, 5) is 18.7. The van der Waals surface area contributed by atoms with Crippen molar-refractivity contribution in [3.63, 3.8) is 0 Å². The van der Waals surface area contributed by atoms with Crippen molar-refractivity contribution in [2.45, 2.75) is 52.7 Å². The molecule has 2 heterocycles. The topological polar surface area (TPSA) is 77.5 Å². The number of pyridine rings is 1. The van der Waals surface area contributed by atoms with Gasteiger partial charge in [-0.3, -0.25) is 0 Å². The molecule has 2 unspecified atom stereocenters. The van der Waals surface area contributed by atoms with E-state index in [1.54, 1.807) is 6.92 Å². The van der Waals surface area contributed by atoms with E-state index in [9.17, 15) is 9.90 Å². The predicted octanol–water partition coefficient (Wildman–Crippen LogP) is 2.52. The number of carbonyl (C=O) groups is 1. The van der Waals surface area contributed by atoms with Gasteiger partial charge in [0.05, 0.1) is 6.10 Å². The van der Waals surface area contributed by atoms with Gasteiger partial charge in [-0.25, -0.2) is 9.78 Å². The number of hydrogen-bond donors (Lipinski definition) is 3. The van der Waals surface area contributed by atoms with Gasteiger partial charge in [-0.15, -0.1) is 0 Å². The van der Waals surface area contributed by atoms with Crippen LogP contribution in [0.15, 0.2) is 18.3 Å². The Morgan fingerprint density at radius 2 is 2.04 bits per heavy atom. The van der Waals surface area contributed by atoms with Crippen LogP contribution in [-0.2, 0) is 6.54 Å². The quantitative estimate of drug-likeness (QED) is 0.708. The molecule has 0 bridgehead atoms. The molecule has 0 aliphatic carbocycles. The number of hydrogen-bond acceptors (Lipinski definition) is 4. The zero-order valence-electron chi connectivity index (χ0n) is 15.7. The Morgan fingerprint density at radius 3 is 2.64 bits per heavy atom. The van der Waals surface area contributed by atoms with Gasteiger partial charge in [0.15, 0.2) is 0 Å². The normalized spacial score (nSPS) is 17.8. The van der Waals surface area contributed by atoms with Gasteiger partial charge in [-0.2, -0.15) is 0 Å². The molecular weight excluding hydrogens is 316 g/mol. The number of aliphatic hydroxyl groups is 1. The monoisotopic (exact) mass is 348 g/mol. The first-order valence-electron chi connectivity index (χ1n) is 9.33. The van der Waals surface area contributed by atoms with Gasteiger partial charge < -0.3 is 20.6 Å². The summed E-state index contributed by atoms with van der Waals surface area (Å²) in [6, 6.07) is 3.87. The molecule has 3 N–H and O–H groups in total. The Labute approximate surface area is 151 Å². The van der Waals surface area contributed by atoms with Crippen LogP contribution in [-0.4, -0.2) is 41.9 Å². The molecule has 6 nitrogen and oxygen atoms in total. The van der Waals surface area contributed by atoms with Gasteiger partial charge >= 0.3 is 6.03 Å². The Hall–Kier alpha value is -1.82. The minimum atomic E-state index is -0.340. The van der Waals surface area contributed by atoms with Crippen LogP contribution in [0, 0.1) is 11.8 Å². The highest BCUT2D eigenvalue weighted by molar-refractivity contribution is 5.73. The number of aliphatic hydroxyl groups excluding tert-OH is 1. The first kappa shape index (κ1) is 19.5. The molecule has 0 radical (unpaired) electrons. The lowest BCUT2D eigenvalue weighted by Gasteiger charge is -2.31. The molecule has 2 atom stereocenters. The molecule has 0 spiro atoms. The molecule has 0 aromatic carbocycles. The van der Waals surface area contributed by atoms with Crippen LogP contribution in [0.4, 0.5) is 10.6 Å². The fourth-order valence-corrected chi connectivity index (χ4v) is 3.12. The Balaban J connectivity index is 1.71. The van der Waals surface area contributed by atoms with E-state index < -0.39 is 0 Å². The number of anilines is 1. The summed E-state index contributed by atoms with van der Waals surface area (Å²) in [5.74, 6) is 2.08. The fraction of sp³-hybridized carbons (Fsp3) is 0.684. The van der Waals surface area contributed by atoms with E-state index in [-0.39, 0.29) is 18.1 Å². The van der Waals surface area contributed by atoms with Crippen molar-refractivity contribution in [1.29, 1.82) is 0 Å². The number of nitrogens with zero attached hydrogens (tertiary/aromatic N) is 2. The summed E-state index contributed by atoms with van der Waals surface area (Å²) in [7, 11) is 0. The highest BCUT2D eigenvalue weighted by Gasteiger charge is 2.16. The van der Waals surface area contributed by atoms with Crippen molar-refractivity contribution >= 4 is 11.8 Å². The van der Waals surface area contributed by atoms with Crippen LogP contribution in [0.25, 0.3) is 0 Å². The van der Waals surface area contributed by atoms with Crippen LogP contribution in [0.2, 0.25) is 0 Å². The van der Waals surface area contributed by atoms with E-state index >= 15 is 0 Å². The predicted molar refractivity (Wildman–Crippen MR) is 101 cm³/mol. The molecule has 1 aliphatic rings. The zero-order valence-corrected chi connectivity index (χ0v) is 15.7. The van der Waals surface area contributed by atoms with E-state index in [1.165, 1.54) is 12.8 Å². The summed E-state index contributed by atoms with van der Waals surface area (Å²) in [5.41, 5.74) is 0.987. The van der Waals surface area contributed by atoms with Gasteiger partial charge in [-0.05, 0) is 49.7 Å². The fourth-order valence-electron chi connectivity index (χ4n) is 3.12. The first-order valence-corrected chi connectivity index (χ1v) is 9.33. The van der Waals surface area contributed by atoms with Crippen LogP contribution >= 0.6 is 0 Å². The molecule has 0 saturated carbocycles. The van der Waals surface area contributed by atoms with Gasteiger partial charge in [0.2, 0.25) is 0 Å². The van der Waals surface area contributed by atoms with Gasteiger partial charge in [0.25, 0.3) is 0 Å². The van der Waals surface area contributed by atoms with E-state index in [0.717, 1.165) is 30.4 Å². The molecule has 2 amide bonds. The standard InChI is InChI=1S/C19H32N4O2/c1-14-6-8-23(9-7-14)18-5-4-17(12-20-18)13-22-19(25)21-11-15(2)10-16(3)24/h4-5,12,14-16,24H,6-11,13H2,1-3H3,(H2,21,22,25). The summed E-state index contributed by atoms with van der Waals surface area (Å²) in [5, 5.41) is 15.0. The molecular formula is C19H32N4O2. The lowest BCUT2D eigenvalue weighted by molar-refractivity contribution is 0.163. The minimum absolute atomic E-state index is 0.188. The third-order valence-corrected chi connectivity index (χ3v) is 4.72. The van der Waals surface area contributed by atoms with E-state index in [4.69, 9.17) is 0 Å². The van der Waals surface area contributed by atoms with Crippen LogP contribution in [0.5, 0.6) is 0 Å². The number of nitrogens with one attached hydrogen (secondary N) is 2. The first-order chi connectivity index (χ1) is 11.9. The number of carbonyl (C=O) groups excluding carboxylic acids is 1. The van der Waals surface area contributed by atoms with Crippen molar-refractivity contribution in [2.75, 3.05) is 24.5 Å². The number of piperidine rings is 1. The molecule has 1 aromatic rings. The van der Waals surface area contributed by atoms with Gasteiger partial charge in [-0.1, -0.05) is 19.9 Å². The summed E-state index contributed by atoms with van der Waals surface area (Å²) in [6.07, 6.45) is 4.62. The molecule has 2 rings (SSSR count). The van der Waals surface area contributed by atoms with Crippen LogP contribution in [0.3, 0.4) is 0 Å².